The molecule has 1 aromatic carbocycles. The van der Waals surface area contributed by atoms with E-state index in [-0.39, 0.29) is 22.9 Å². The lowest BCUT2D eigenvalue weighted by Gasteiger charge is -2.27. The molecule has 1 saturated heterocycles. The summed E-state index contributed by atoms with van der Waals surface area (Å²) in [4.78, 5) is 15.6. The minimum absolute atomic E-state index is 0.0712. The third-order valence-corrected chi connectivity index (χ3v) is 8.99. The molecule has 0 saturated carbocycles. The topological polar surface area (TPSA) is 132 Å². The first kappa shape index (κ1) is 28.1. The van der Waals surface area contributed by atoms with Gasteiger partial charge in [-0.25, -0.2) is 18.4 Å². The molecule has 0 radical (unpaired) electrons. The number of pyridine rings is 1. The van der Waals surface area contributed by atoms with Crippen molar-refractivity contribution in [2.45, 2.75) is 69.8 Å². The fraction of sp³-hybridized carbons (Fsp3) is 0.444. The van der Waals surface area contributed by atoms with E-state index in [9.17, 15) is 8.42 Å². The number of nitrogens with two attached hydrogens (primary N) is 1. The van der Waals surface area contributed by atoms with Gasteiger partial charge in [-0.2, -0.15) is 4.98 Å². The SMILES string of the molecule is Cc1cc(-c2nc(NCl)nc(N)c2-c2cccnc2S(=O)(=O)C(C)C)c(OC(C)C)cc1C1CCNCC1. The Labute approximate surface area is 229 Å². The zero-order valence-electron chi connectivity index (χ0n) is 22.4. The molecule has 204 valence electrons. The van der Waals surface area contributed by atoms with Crippen molar-refractivity contribution in [1.82, 2.24) is 20.3 Å². The Kier molecular flexibility index (Phi) is 8.44. The third kappa shape index (κ3) is 5.57. The summed E-state index contributed by atoms with van der Waals surface area (Å²) < 4.78 is 32.9. The molecule has 4 rings (SSSR count). The molecule has 0 aliphatic carbocycles. The van der Waals surface area contributed by atoms with Crippen molar-refractivity contribution >= 4 is 33.4 Å². The fourth-order valence-corrected chi connectivity index (χ4v) is 6.04. The first-order valence-corrected chi connectivity index (χ1v) is 14.7. The van der Waals surface area contributed by atoms with Gasteiger partial charge < -0.3 is 15.8 Å². The van der Waals surface area contributed by atoms with Crippen LogP contribution in [-0.4, -0.2) is 47.8 Å². The summed E-state index contributed by atoms with van der Waals surface area (Å²) in [5, 5.41) is 2.66. The van der Waals surface area contributed by atoms with Gasteiger partial charge in [0.2, 0.25) is 5.95 Å². The van der Waals surface area contributed by atoms with Crippen molar-refractivity contribution in [1.29, 1.82) is 0 Å². The minimum Gasteiger partial charge on any atom is -0.490 e. The van der Waals surface area contributed by atoms with Gasteiger partial charge in [0, 0.05) is 29.1 Å². The summed E-state index contributed by atoms with van der Waals surface area (Å²) in [5.41, 5.74) is 10.6. The van der Waals surface area contributed by atoms with E-state index in [2.05, 4.69) is 38.1 Å². The maximum Gasteiger partial charge on any atom is 0.240 e. The summed E-state index contributed by atoms with van der Waals surface area (Å²) in [7, 11) is -3.75. The van der Waals surface area contributed by atoms with Gasteiger partial charge in [0.25, 0.3) is 0 Å². The molecule has 1 aliphatic rings. The standard InChI is InChI=1S/C27H35ClN6O3S/c1-15(2)37-22-14-20(18-8-11-30-12-9-18)17(5)13-21(22)24-23(25(29)33-27(32-24)34-28)19-7-6-10-31-26(19)38(35,36)16(3)4/h6-7,10,13-16,18,30H,8-9,11-12H2,1-5H3,(H3,29,32,33,34). The molecule has 9 nitrogen and oxygen atoms in total. The number of aryl methyl sites for hydroxylation is 1. The Bertz CT molecular complexity index is 1420. The molecule has 3 heterocycles. The highest BCUT2D eigenvalue weighted by molar-refractivity contribution is 7.92. The Morgan fingerprint density at radius 3 is 2.47 bits per heavy atom. The summed E-state index contributed by atoms with van der Waals surface area (Å²) in [5.74, 6) is 1.21. The van der Waals surface area contributed by atoms with Gasteiger partial charge in [-0.15, -0.1) is 0 Å². The number of sulfone groups is 1. The molecule has 3 aromatic rings. The van der Waals surface area contributed by atoms with Crippen LogP contribution in [0.2, 0.25) is 0 Å². The molecule has 1 fully saturated rings. The van der Waals surface area contributed by atoms with Crippen LogP contribution >= 0.6 is 11.8 Å². The van der Waals surface area contributed by atoms with Crippen molar-refractivity contribution in [2.75, 3.05) is 23.7 Å². The predicted octanol–water partition coefficient (Wildman–Crippen LogP) is 5.10. The van der Waals surface area contributed by atoms with Gasteiger partial charge in [-0.3, -0.25) is 4.84 Å². The second kappa shape index (κ2) is 11.4. The van der Waals surface area contributed by atoms with Crippen molar-refractivity contribution in [3.05, 3.63) is 41.6 Å². The second-order valence-electron chi connectivity index (χ2n) is 10.1. The Morgan fingerprint density at radius 1 is 1.13 bits per heavy atom. The monoisotopic (exact) mass is 558 g/mol. The molecule has 38 heavy (non-hydrogen) atoms. The van der Waals surface area contributed by atoms with Crippen LogP contribution < -0.4 is 20.6 Å². The van der Waals surface area contributed by atoms with E-state index in [1.807, 2.05) is 19.9 Å². The van der Waals surface area contributed by atoms with Crippen molar-refractivity contribution in [3.63, 3.8) is 0 Å². The number of halogens is 1. The van der Waals surface area contributed by atoms with Crippen LogP contribution in [0.15, 0.2) is 35.5 Å². The number of benzene rings is 1. The second-order valence-corrected chi connectivity index (χ2v) is 12.7. The lowest BCUT2D eigenvalue weighted by atomic mass is 9.85. The van der Waals surface area contributed by atoms with Gasteiger partial charge in [0.1, 0.15) is 11.6 Å². The highest BCUT2D eigenvalue weighted by Crippen LogP contribution is 2.44. The smallest absolute Gasteiger partial charge is 0.240 e. The van der Waals surface area contributed by atoms with E-state index >= 15 is 0 Å². The van der Waals surface area contributed by atoms with E-state index < -0.39 is 15.1 Å². The molecule has 0 atom stereocenters. The van der Waals surface area contributed by atoms with Crippen LogP contribution in [0.5, 0.6) is 5.75 Å². The van der Waals surface area contributed by atoms with E-state index in [0.29, 0.717) is 34.1 Å². The maximum absolute atomic E-state index is 13.3. The number of rotatable bonds is 8. The fourth-order valence-electron chi connectivity index (χ4n) is 4.82. The molecule has 0 unspecified atom stereocenters. The number of aromatic nitrogens is 3. The van der Waals surface area contributed by atoms with Gasteiger partial charge in [-0.05, 0) is 102 Å². The lowest BCUT2D eigenvalue weighted by Crippen LogP contribution is -2.27. The van der Waals surface area contributed by atoms with E-state index in [4.69, 9.17) is 22.2 Å². The minimum atomic E-state index is -3.75. The van der Waals surface area contributed by atoms with E-state index in [1.165, 1.54) is 11.8 Å². The molecule has 11 heteroatoms. The zero-order chi connectivity index (χ0) is 27.6. The first-order valence-electron chi connectivity index (χ1n) is 12.8. The summed E-state index contributed by atoms with van der Waals surface area (Å²) in [6.45, 7) is 11.2. The van der Waals surface area contributed by atoms with Gasteiger partial charge in [0.05, 0.1) is 22.6 Å². The first-order chi connectivity index (χ1) is 18.0. The molecule has 1 aliphatic heterocycles. The highest BCUT2D eigenvalue weighted by Gasteiger charge is 2.30. The van der Waals surface area contributed by atoms with Crippen LogP contribution in [0.1, 0.15) is 57.6 Å². The van der Waals surface area contributed by atoms with E-state index in [1.54, 1.807) is 26.0 Å². The number of hydrogen-bond donors (Lipinski definition) is 3. The number of piperidine rings is 1. The lowest BCUT2D eigenvalue weighted by molar-refractivity contribution is 0.243. The Morgan fingerprint density at radius 2 is 1.84 bits per heavy atom. The summed E-state index contributed by atoms with van der Waals surface area (Å²) in [6.07, 6.45) is 3.43. The number of nitrogens with zero attached hydrogens (tertiary/aromatic N) is 3. The molecule has 4 N–H and O–H groups in total. The third-order valence-electron chi connectivity index (χ3n) is 6.72. The number of nitrogens with one attached hydrogen (secondary N) is 2. The van der Waals surface area contributed by atoms with E-state index in [0.717, 1.165) is 31.5 Å². The highest BCUT2D eigenvalue weighted by atomic mass is 35.5. The number of ether oxygens (including phenoxy) is 1. The normalized spacial score (nSPS) is 14.7. The molecule has 0 spiro atoms. The summed E-state index contributed by atoms with van der Waals surface area (Å²) in [6, 6.07) is 7.47. The van der Waals surface area contributed by atoms with Crippen LogP contribution in [0.3, 0.4) is 0 Å². The molecular weight excluding hydrogens is 524 g/mol. The van der Waals surface area contributed by atoms with Crippen molar-refractivity contribution in [2.24, 2.45) is 0 Å². The van der Waals surface area contributed by atoms with Crippen LogP contribution in [0.4, 0.5) is 11.8 Å². The van der Waals surface area contributed by atoms with Crippen molar-refractivity contribution in [3.8, 4) is 28.1 Å². The summed E-state index contributed by atoms with van der Waals surface area (Å²) >= 11 is 5.91. The van der Waals surface area contributed by atoms with Crippen molar-refractivity contribution < 1.29 is 13.2 Å². The number of anilines is 2. The Hall–Kier alpha value is -2.95. The van der Waals surface area contributed by atoms with Gasteiger partial charge >= 0.3 is 0 Å². The molecule has 2 aromatic heterocycles. The predicted molar refractivity (Wildman–Crippen MR) is 152 cm³/mol. The largest absolute Gasteiger partial charge is 0.490 e. The quantitative estimate of drug-likeness (QED) is 0.323. The van der Waals surface area contributed by atoms with Gasteiger partial charge in [-0.1, -0.05) is 0 Å². The van der Waals surface area contributed by atoms with Crippen LogP contribution in [0, 0.1) is 6.92 Å². The number of hydrogen-bond acceptors (Lipinski definition) is 9. The Balaban J connectivity index is 2.03. The molecular formula is C27H35ClN6O3S. The average molecular weight is 559 g/mol. The number of nitrogen functional groups attached to an aromatic ring is 1. The molecule has 0 amide bonds. The zero-order valence-corrected chi connectivity index (χ0v) is 23.9. The average Bonchev–Trinajstić information content (AvgIpc) is 2.89. The van der Waals surface area contributed by atoms with Crippen LogP contribution in [0.25, 0.3) is 22.4 Å². The van der Waals surface area contributed by atoms with Gasteiger partial charge in [0.15, 0.2) is 14.9 Å². The maximum atomic E-state index is 13.3. The van der Waals surface area contributed by atoms with Crippen LogP contribution in [-0.2, 0) is 9.84 Å². The molecule has 0 bridgehead atoms.